The van der Waals surface area contributed by atoms with Crippen LogP contribution in [-0.4, -0.2) is 37.7 Å². The smallest absolute Gasteiger partial charge is 0.387 e. The van der Waals surface area contributed by atoms with Gasteiger partial charge in [-0.05, 0) is 11.6 Å². The number of nitriles is 1. The third-order valence-electron chi connectivity index (χ3n) is 5.22. The Labute approximate surface area is 202 Å². The average Bonchev–Trinajstić information content (AvgIpc) is 2.87. The van der Waals surface area contributed by atoms with Crippen LogP contribution in [0.1, 0.15) is 11.5 Å². The Balaban J connectivity index is 2.48. The molecule has 0 aromatic heterocycles. The van der Waals surface area contributed by atoms with Crippen LogP contribution >= 0.6 is 0 Å². The van der Waals surface area contributed by atoms with E-state index in [2.05, 4.69) is 4.74 Å². The van der Waals surface area contributed by atoms with Gasteiger partial charge in [-0.3, -0.25) is 15.0 Å². The molecule has 186 valence electrons. The van der Waals surface area contributed by atoms with Crippen LogP contribution in [0.25, 0.3) is 0 Å². The molecule has 0 amide bonds. The van der Waals surface area contributed by atoms with Crippen LogP contribution in [0.2, 0.25) is 0 Å². The first-order chi connectivity index (χ1) is 17.2. The number of alkyl halides is 2. The van der Waals surface area contributed by atoms with E-state index in [1.54, 1.807) is 30.3 Å². The fourth-order valence-electron chi connectivity index (χ4n) is 3.75. The molecule has 1 heterocycles. The van der Waals surface area contributed by atoms with Crippen molar-refractivity contribution >= 4 is 23.3 Å². The first-order valence-electron chi connectivity index (χ1n) is 10.0. The highest BCUT2D eigenvalue weighted by Crippen LogP contribution is 2.46. The highest BCUT2D eigenvalue weighted by atomic mass is 19.3. The number of nitrogens with zero attached hydrogens (tertiary/aromatic N) is 3. The van der Waals surface area contributed by atoms with E-state index in [1.807, 2.05) is 6.07 Å². The molecule has 0 radical (unpaired) electrons. The molecule has 11 nitrogen and oxygen atoms in total. The Kier molecular flexibility index (Phi) is 7.49. The van der Waals surface area contributed by atoms with E-state index in [0.717, 1.165) is 37.3 Å². The molecule has 2 aromatic carbocycles. The lowest BCUT2D eigenvalue weighted by Crippen LogP contribution is -2.41. The number of nitro benzene ring substituents is 1. The molecule has 3 rings (SSSR count). The van der Waals surface area contributed by atoms with Crippen LogP contribution in [0.5, 0.6) is 5.75 Å². The number of non-ortho nitro benzene ring substituents is 1. The summed E-state index contributed by atoms with van der Waals surface area (Å²) in [5, 5.41) is 21.4. The van der Waals surface area contributed by atoms with Gasteiger partial charge in [-0.2, -0.15) is 14.0 Å². The van der Waals surface area contributed by atoms with Crippen molar-refractivity contribution in [3.63, 3.8) is 0 Å². The third kappa shape index (κ3) is 4.64. The molecular weight excluding hydrogens is 482 g/mol. The zero-order valence-electron chi connectivity index (χ0n) is 18.8. The maximum absolute atomic E-state index is 13.2. The second-order valence-corrected chi connectivity index (χ2v) is 7.12. The normalized spacial score (nSPS) is 15.4. The maximum atomic E-state index is 13.2. The van der Waals surface area contributed by atoms with Gasteiger partial charge in [0.2, 0.25) is 0 Å². The predicted octanol–water partition coefficient (Wildman–Crippen LogP) is 3.09. The number of carbonyl (C=O) groups is 2. The molecular formula is C23H18F2N4O7. The zero-order chi connectivity index (χ0) is 26.6. The Morgan fingerprint density at radius 1 is 1.14 bits per heavy atom. The van der Waals surface area contributed by atoms with Gasteiger partial charge in [0.25, 0.3) is 5.69 Å². The first-order valence-corrected chi connectivity index (χ1v) is 10.0. The van der Waals surface area contributed by atoms with Gasteiger partial charge in [-0.25, -0.2) is 9.59 Å². The number of ether oxygens (including phenoxy) is 3. The largest absolute Gasteiger partial charge is 0.466 e. The monoisotopic (exact) mass is 500 g/mol. The molecule has 0 saturated heterocycles. The summed E-state index contributed by atoms with van der Waals surface area (Å²) in [5.41, 5.74) is 4.30. The summed E-state index contributed by atoms with van der Waals surface area (Å²) in [7, 11) is 2.02. The van der Waals surface area contributed by atoms with Gasteiger partial charge in [0.15, 0.2) is 5.75 Å². The van der Waals surface area contributed by atoms with E-state index in [-0.39, 0.29) is 5.57 Å². The van der Waals surface area contributed by atoms with Crippen molar-refractivity contribution in [2.24, 2.45) is 5.73 Å². The Hall–Kier alpha value is -4.99. The minimum atomic E-state index is -3.36. The van der Waals surface area contributed by atoms with Crippen molar-refractivity contribution in [2.75, 3.05) is 19.1 Å². The van der Waals surface area contributed by atoms with Crippen LogP contribution in [-0.2, 0) is 19.1 Å². The van der Waals surface area contributed by atoms with Gasteiger partial charge in [0.05, 0.1) is 48.0 Å². The number of nitrogens with two attached hydrogens (primary N) is 1. The summed E-state index contributed by atoms with van der Waals surface area (Å²) in [5.74, 6) is -4.53. The van der Waals surface area contributed by atoms with E-state index < -0.39 is 63.6 Å². The topological polar surface area (TPSA) is 158 Å². The molecule has 1 atom stereocenters. The Morgan fingerprint density at radius 2 is 1.78 bits per heavy atom. The summed E-state index contributed by atoms with van der Waals surface area (Å²) in [6, 6.07) is 12.5. The number of halogens is 2. The van der Waals surface area contributed by atoms with Crippen molar-refractivity contribution in [1.29, 1.82) is 5.26 Å². The van der Waals surface area contributed by atoms with Crippen LogP contribution in [0.3, 0.4) is 0 Å². The minimum absolute atomic E-state index is 0.260. The van der Waals surface area contributed by atoms with Gasteiger partial charge >= 0.3 is 18.6 Å². The predicted molar refractivity (Wildman–Crippen MR) is 119 cm³/mol. The van der Waals surface area contributed by atoms with Crippen molar-refractivity contribution in [2.45, 2.75) is 12.5 Å². The molecule has 0 spiro atoms. The molecule has 2 aromatic rings. The van der Waals surface area contributed by atoms with Crippen LogP contribution in [0.4, 0.5) is 20.2 Å². The Morgan fingerprint density at radius 3 is 2.31 bits per heavy atom. The summed E-state index contributed by atoms with van der Waals surface area (Å²) >= 11 is 0. The number of hydrogen-bond acceptors (Lipinski definition) is 10. The number of anilines is 1. The quantitative estimate of drug-likeness (QED) is 0.340. The number of carbonyl (C=O) groups excluding carboxylic acids is 2. The van der Waals surface area contributed by atoms with E-state index >= 15 is 0 Å². The number of allylic oxidation sites excluding steroid dienone is 1. The zero-order valence-corrected chi connectivity index (χ0v) is 18.8. The summed E-state index contributed by atoms with van der Waals surface area (Å²) in [6.45, 7) is -3.36. The third-order valence-corrected chi connectivity index (χ3v) is 5.22. The number of benzene rings is 2. The Bertz CT molecular complexity index is 1320. The lowest BCUT2D eigenvalue weighted by Gasteiger charge is -2.36. The molecule has 13 heteroatoms. The van der Waals surface area contributed by atoms with Gasteiger partial charge in [0.1, 0.15) is 11.5 Å². The number of nitro groups is 1. The lowest BCUT2D eigenvalue weighted by atomic mass is 9.81. The van der Waals surface area contributed by atoms with Gasteiger partial charge in [-0.1, -0.05) is 30.3 Å². The first kappa shape index (κ1) is 25.6. The fourth-order valence-corrected chi connectivity index (χ4v) is 3.75. The summed E-state index contributed by atoms with van der Waals surface area (Å²) < 4.78 is 40.6. The second-order valence-electron chi connectivity index (χ2n) is 7.12. The standard InChI is InChI=1S/C23H18F2N4O7/c1-34-21(30)18-17(12-6-4-3-5-7-12)14(11-26)20(27)28(19(18)22(31)35-2)15-10-13(29(32)33)8-9-16(15)36-23(24)25/h3-10,17,23H,27H2,1-2H3. The van der Waals surface area contributed by atoms with Crippen molar-refractivity contribution < 1.29 is 37.5 Å². The molecule has 0 bridgehead atoms. The van der Waals surface area contributed by atoms with E-state index in [0.29, 0.717) is 5.56 Å². The molecule has 0 saturated carbocycles. The SMILES string of the molecule is COC(=O)C1=C(C(=O)OC)N(c2cc([N+](=O)[O-])ccc2OC(F)F)C(N)=C(C#N)C1c1ccccc1. The highest BCUT2D eigenvalue weighted by Gasteiger charge is 2.44. The molecule has 0 fully saturated rings. The summed E-state index contributed by atoms with van der Waals surface area (Å²) in [4.78, 5) is 37.4. The average molecular weight is 500 g/mol. The number of esters is 2. The van der Waals surface area contributed by atoms with E-state index in [4.69, 9.17) is 15.2 Å². The highest BCUT2D eigenvalue weighted by molar-refractivity contribution is 6.06. The number of rotatable bonds is 7. The molecule has 2 N–H and O–H groups in total. The molecule has 0 aliphatic carbocycles. The van der Waals surface area contributed by atoms with Crippen molar-refractivity contribution in [1.82, 2.24) is 0 Å². The minimum Gasteiger partial charge on any atom is -0.466 e. The van der Waals surface area contributed by atoms with Crippen molar-refractivity contribution in [3.05, 3.63) is 86.9 Å². The van der Waals surface area contributed by atoms with E-state index in [9.17, 15) is 33.7 Å². The van der Waals surface area contributed by atoms with Gasteiger partial charge in [-0.15, -0.1) is 0 Å². The molecule has 36 heavy (non-hydrogen) atoms. The molecule has 1 aliphatic heterocycles. The van der Waals surface area contributed by atoms with Crippen LogP contribution in [0.15, 0.2) is 71.2 Å². The second kappa shape index (κ2) is 10.5. The van der Waals surface area contributed by atoms with Crippen molar-refractivity contribution in [3.8, 4) is 11.8 Å². The fraction of sp³-hybridized carbons (Fsp3) is 0.174. The lowest BCUT2D eigenvalue weighted by molar-refractivity contribution is -0.384. The van der Waals surface area contributed by atoms with E-state index in [1.165, 1.54) is 0 Å². The van der Waals surface area contributed by atoms with Crippen LogP contribution in [0, 0.1) is 21.4 Å². The molecule has 1 unspecified atom stereocenters. The maximum Gasteiger partial charge on any atom is 0.387 e. The number of methoxy groups -OCH3 is 2. The van der Waals surface area contributed by atoms with Crippen LogP contribution < -0.4 is 15.4 Å². The summed E-state index contributed by atoms with van der Waals surface area (Å²) in [6.07, 6.45) is 0. The number of hydrogen-bond donors (Lipinski definition) is 1. The van der Waals surface area contributed by atoms with Gasteiger partial charge < -0.3 is 19.9 Å². The van der Waals surface area contributed by atoms with Gasteiger partial charge in [0, 0.05) is 12.1 Å². The molecule has 1 aliphatic rings.